The molecule has 0 aliphatic heterocycles. The fourth-order valence-electron chi connectivity index (χ4n) is 3.23. The van der Waals surface area contributed by atoms with Crippen LogP contribution in [-0.4, -0.2) is 30.1 Å². The molecule has 2 saturated carbocycles. The lowest BCUT2D eigenvalue weighted by Crippen LogP contribution is -2.44. The number of nitrogens with zero attached hydrogens (tertiary/aromatic N) is 1. The quantitative estimate of drug-likeness (QED) is 0.559. The zero-order chi connectivity index (χ0) is 12.5. The molecule has 0 aromatic rings. The average molecular weight is 257 g/mol. The first kappa shape index (κ1) is 15.0. The zero-order valence-electron chi connectivity index (χ0n) is 11.2. The standard InChI is InChI=1S/C13H23NO.CH5P/c15-11-14(12-7-3-1-4-8-12)13-9-5-2-6-10-13;1-2/h11-13H,1-10H2;2H2,1H3. The number of rotatable bonds is 3. The van der Waals surface area contributed by atoms with E-state index < -0.39 is 0 Å². The van der Waals surface area contributed by atoms with Crippen LogP contribution in [0.4, 0.5) is 0 Å². The Morgan fingerprint density at radius 1 is 0.824 bits per heavy atom. The molecule has 0 aromatic heterocycles. The van der Waals surface area contributed by atoms with Crippen LogP contribution in [0, 0.1) is 0 Å². The van der Waals surface area contributed by atoms with Gasteiger partial charge in [0.2, 0.25) is 6.41 Å². The summed E-state index contributed by atoms with van der Waals surface area (Å²) < 4.78 is 0. The van der Waals surface area contributed by atoms with Crippen LogP contribution < -0.4 is 0 Å². The molecule has 17 heavy (non-hydrogen) atoms. The van der Waals surface area contributed by atoms with E-state index in [0.717, 1.165) is 6.41 Å². The van der Waals surface area contributed by atoms with Gasteiger partial charge in [0.15, 0.2) is 0 Å². The fourth-order valence-corrected chi connectivity index (χ4v) is 3.23. The summed E-state index contributed by atoms with van der Waals surface area (Å²) in [6, 6.07) is 1.14. The third-order valence-corrected chi connectivity index (χ3v) is 4.11. The normalized spacial score (nSPS) is 22.5. The zero-order valence-corrected chi connectivity index (χ0v) is 12.4. The minimum atomic E-state index is 0.569. The van der Waals surface area contributed by atoms with Crippen LogP contribution in [0.3, 0.4) is 0 Å². The predicted molar refractivity (Wildman–Crippen MR) is 77.3 cm³/mol. The second-order valence-electron chi connectivity index (χ2n) is 5.14. The third kappa shape index (κ3) is 4.58. The van der Waals surface area contributed by atoms with Gasteiger partial charge in [-0.1, -0.05) is 45.2 Å². The average Bonchev–Trinajstić information content (AvgIpc) is 2.44. The van der Waals surface area contributed by atoms with Gasteiger partial charge in [-0.2, -0.15) is 0 Å². The highest BCUT2D eigenvalue weighted by molar-refractivity contribution is 7.15. The Bertz CT molecular complexity index is 180. The smallest absolute Gasteiger partial charge is 0.210 e. The second kappa shape index (κ2) is 8.91. The molecule has 0 N–H and O–H groups in total. The Morgan fingerprint density at radius 3 is 1.47 bits per heavy atom. The van der Waals surface area contributed by atoms with E-state index in [0.29, 0.717) is 12.1 Å². The summed E-state index contributed by atoms with van der Waals surface area (Å²) in [7, 11) is 2.42. The van der Waals surface area contributed by atoms with Crippen molar-refractivity contribution in [2.45, 2.75) is 76.3 Å². The van der Waals surface area contributed by atoms with Crippen molar-refractivity contribution < 1.29 is 4.79 Å². The Balaban J connectivity index is 0.000000686. The number of carbonyl (C=O) groups is 1. The van der Waals surface area contributed by atoms with E-state index in [4.69, 9.17) is 0 Å². The Morgan fingerprint density at radius 2 is 1.18 bits per heavy atom. The molecule has 0 spiro atoms. The Labute approximate surface area is 109 Å². The predicted octanol–water partition coefficient (Wildman–Crippen LogP) is 3.60. The van der Waals surface area contributed by atoms with E-state index in [1.165, 1.54) is 64.2 Å². The molecule has 2 fully saturated rings. The maximum absolute atomic E-state index is 11.2. The molecule has 0 heterocycles. The van der Waals surface area contributed by atoms with Gasteiger partial charge in [0.1, 0.15) is 0 Å². The van der Waals surface area contributed by atoms with E-state index >= 15 is 0 Å². The van der Waals surface area contributed by atoms with Gasteiger partial charge in [0.05, 0.1) is 0 Å². The van der Waals surface area contributed by atoms with Gasteiger partial charge < -0.3 is 4.90 Å². The summed E-state index contributed by atoms with van der Waals surface area (Å²) >= 11 is 0. The van der Waals surface area contributed by atoms with Crippen molar-refractivity contribution in [3.63, 3.8) is 0 Å². The van der Waals surface area contributed by atoms with Crippen LogP contribution in [-0.2, 0) is 4.79 Å². The van der Waals surface area contributed by atoms with Crippen molar-refractivity contribution in [2.24, 2.45) is 0 Å². The molecular weight excluding hydrogens is 229 g/mol. The lowest BCUT2D eigenvalue weighted by Gasteiger charge is -2.39. The summed E-state index contributed by atoms with van der Waals surface area (Å²) in [5.41, 5.74) is 0. The minimum absolute atomic E-state index is 0.569. The topological polar surface area (TPSA) is 20.3 Å². The van der Waals surface area contributed by atoms with E-state index in [9.17, 15) is 4.79 Å². The molecule has 0 saturated heterocycles. The van der Waals surface area contributed by atoms with Crippen molar-refractivity contribution in [1.82, 2.24) is 4.90 Å². The maximum Gasteiger partial charge on any atom is 0.210 e. The molecule has 2 rings (SSSR count). The van der Waals surface area contributed by atoms with E-state index in [-0.39, 0.29) is 0 Å². The van der Waals surface area contributed by atoms with Gasteiger partial charge in [-0.25, -0.2) is 0 Å². The van der Waals surface area contributed by atoms with E-state index in [1.807, 2.05) is 6.66 Å². The minimum Gasteiger partial charge on any atom is -0.339 e. The summed E-state index contributed by atoms with van der Waals surface area (Å²) in [6.07, 6.45) is 14.1. The summed E-state index contributed by atoms with van der Waals surface area (Å²) in [5.74, 6) is 0. The molecule has 1 amide bonds. The fraction of sp³-hybridized carbons (Fsp3) is 0.929. The number of hydrogen-bond donors (Lipinski definition) is 0. The highest BCUT2D eigenvalue weighted by atomic mass is 31.0. The molecule has 100 valence electrons. The van der Waals surface area contributed by atoms with Crippen molar-refractivity contribution in [3.8, 4) is 0 Å². The van der Waals surface area contributed by atoms with Gasteiger partial charge in [-0.05, 0) is 25.7 Å². The molecule has 2 aliphatic carbocycles. The first-order valence-electron chi connectivity index (χ1n) is 7.22. The molecule has 0 aromatic carbocycles. The molecular formula is C14H28NOP. The van der Waals surface area contributed by atoms with Crippen LogP contribution in [0.2, 0.25) is 0 Å². The lowest BCUT2D eigenvalue weighted by atomic mass is 9.89. The lowest BCUT2D eigenvalue weighted by molar-refractivity contribution is -0.124. The number of carbonyl (C=O) groups excluding carboxylic acids is 1. The molecule has 1 unspecified atom stereocenters. The van der Waals surface area contributed by atoms with Gasteiger partial charge >= 0.3 is 0 Å². The van der Waals surface area contributed by atoms with Crippen LogP contribution >= 0.6 is 9.24 Å². The van der Waals surface area contributed by atoms with Gasteiger partial charge in [0.25, 0.3) is 0 Å². The third-order valence-electron chi connectivity index (χ3n) is 4.11. The highest BCUT2D eigenvalue weighted by Crippen LogP contribution is 2.28. The maximum atomic E-state index is 11.2. The van der Waals surface area contributed by atoms with Crippen molar-refractivity contribution in [2.75, 3.05) is 6.66 Å². The molecule has 2 nitrogen and oxygen atoms in total. The Kier molecular flexibility index (Phi) is 7.84. The largest absolute Gasteiger partial charge is 0.339 e. The van der Waals surface area contributed by atoms with Crippen molar-refractivity contribution >= 4 is 15.6 Å². The first-order chi connectivity index (χ1) is 8.42. The molecule has 2 aliphatic rings. The summed E-state index contributed by atoms with van der Waals surface area (Å²) in [5, 5.41) is 0. The van der Waals surface area contributed by atoms with E-state index in [2.05, 4.69) is 14.1 Å². The number of hydrogen-bond acceptors (Lipinski definition) is 1. The van der Waals surface area contributed by atoms with Gasteiger partial charge in [-0.3, -0.25) is 4.79 Å². The Hall–Kier alpha value is -0.100. The molecule has 3 heteroatoms. The molecule has 1 atom stereocenters. The summed E-state index contributed by atoms with van der Waals surface area (Å²) in [4.78, 5) is 13.4. The van der Waals surface area contributed by atoms with Crippen molar-refractivity contribution in [1.29, 1.82) is 0 Å². The number of amides is 1. The summed E-state index contributed by atoms with van der Waals surface area (Å²) in [6.45, 7) is 1.92. The van der Waals surface area contributed by atoms with E-state index in [1.54, 1.807) is 0 Å². The van der Waals surface area contributed by atoms with Gasteiger partial charge in [-0.15, -0.1) is 9.24 Å². The van der Waals surface area contributed by atoms with Crippen LogP contribution in [0.5, 0.6) is 0 Å². The van der Waals surface area contributed by atoms with Crippen molar-refractivity contribution in [3.05, 3.63) is 0 Å². The highest BCUT2D eigenvalue weighted by Gasteiger charge is 2.27. The first-order valence-corrected chi connectivity index (χ1v) is 8.38. The molecule has 0 radical (unpaired) electrons. The van der Waals surface area contributed by atoms with Gasteiger partial charge in [0, 0.05) is 12.1 Å². The SMILES string of the molecule is CP.O=CN(C1CCCCC1)C1CCCCC1. The van der Waals surface area contributed by atoms with Crippen LogP contribution in [0.1, 0.15) is 64.2 Å². The molecule has 0 bridgehead atoms. The second-order valence-corrected chi connectivity index (χ2v) is 5.14. The van der Waals surface area contributed by atoms with Crippen LogP contribution in [0.15, 0.2) is 0 Å². The van der Waals surface area contributed by atoms with Crippen LogP contribution in [0.25, 0.3) is 0 Å². The monoisotopic (exact) mass is 257 g/mol.